The average Bonchev–Trinajstić information content (AvgIpc) is 3.02. The number of carbonyl (C=O) groups is 3. The minimum Gasteiger partial charge on any atom is -0.369 e. The van der Waals surface area contributed by atoms with Gasteiger partial charge in [0.2, 0.25) is 17.7 Å². The lowest BCUT2D eigenvalue weighted by atomic mass is 9.99. The summed E-state index contributed by atoms with van der Waals surface area (Å²) < 4.78 is 14.1. The Morgan fingerprint density at radius 2 is 1.67 bits per heavy atom. The third kappa shape index (κ3) is 20.5. The lowest BCUT2D eigenvalue weighted by Crippen LogP contribution is -2.43. The van der Waals surface area contributed by atoms with Crippen molar-refractivity contribution in [2.75, 3.05) is 18.0 Å². The molecule has 0 fully saturated rings. The predicted octanol–water partition coefficient (Wildman–Crippen LogP) is 8.09. The molecule has 8 heteroatoms. The highest BCUT2D eigenvalue weighted by Crippen LogP contribution is 2.25. The number of nitrogens with two attached hydrogens (primary N) is 1. The SMILES string of the molecule is C#C.C=CC(=C=C(F)/C=C\C)C(=N)c1ccccc1N(CC(C)C)C(=O)CNC(=O)CC(C/C=C\CC)C(N)=O.CC.CC(C)C. The zero-order valence-corrected chi connectivity index (χ0v) is 29.5. The number of nitrogens with zero attached hydrogens (tertiary/aromatic N) is 1. The molecule has 254 valence electrons. The summed E-state index contributed by atoms with van der Waals surface area (Å²) in [4.78, 5) is 39.1. The molecule has 1 aromatic carbocycles. The molecule has 0 bridgehead atoms. The first-order chi connectivity index (χ1) is 21.8. The molecule has 46 heavy (non-hydrogen) atoms. The molecule has 1 rings (SSSR count). The van der Waals surface area contributed by atoms with Gasteiger partial charge in [-0.3, -0.25) is 19.8 Å². The molecular formula is C38H57FN4O3. The number of benzene rings is 1. The number of terminal acetylenes is 1. The molecule has 0 saturated heterocycles. The van der Waals surface area contributed by atoms with Crippen LogP contribution in [0.5, 0.6) is 0 Å². The molecule has 0 aliphatic rings. The summed E-state index contributed by atoms with van der Waals surface area (Å²) >= 11 is 0. The standard InChI is InChI=1S/C30H39FN4O3.C4H10.C2H6.C2H2/c1-6-9-10-14-23(30(33)38)18-27(36)34-19-28(37)35(20-21(4)5)26-16-12-11-15-25(26)29(32)22(8-3)17-24(31)13-7-2;1-4(2)3;2*1-2/h7-13,15-16,21,23,32H,3,6,14,18-20H2,1-2,4-5H3,(H2,33,38)(H,34,36);4H,1-3H3;1-2H3;1-2H/b10-9-,13-7-,32-29?;;;. The van der Waals surface area contributed by atoms with Gasteiger partial charge in [0, 0.05) is 30.0 Å². The van der Waals surface area contributed by atoms with Crippen LogP contribution in [0.1, 0.15) is 87.1 Å². The molecule has 3 amide bonds. The summed E-state index contributed by atoms with van der Waals surface area (Å²) in [5, 5.41) is 11.3. The van der Waals surface area contributed by atoms with Crippen molar-refractivity contribution < 1.29 is 18.8 Å². The first-order valence-electron chi connectivity index (χ1n) is 15.7. The van der Waals surface area contributed by atoms with Crippen LogP contribution in [0.15, 0.2) is 78.4 Å². The van der Waals surface area contributed by atoms with Crippen molar-refractivity contribution in [3.05, 3.63) is 83.9 Å². The van der Waals surface area contributed by atoms with Gasteiger partial charge in [-0.25, -0.2) is 0 Å². The summed E-state index contributed by atoms with van der Waals surface area (Å²) in [5.41, 5.74) is 8.87. The van der Waals surface area contributed by atoms with Gasteiger partial charge >= 0.3 is 0 Å². The Morgan fingerprint density at radius 3 is 2.15 bits per heavy atom. The van der Waals surface area contributed by atoms with Crippen molar-refractivity contribution in [3.63, 3.8) is 0 Å². The van der Waals surface area contributed by atoms with Gasteiger partial charge in [0.1, 0.15) is 0 Å². The maximum atomic E-state index is 14.1. The molecule has 7 nitrogen and oxygen atoms in total. The Labute approximate surface area is 278 Å². The molecule has 0 spiro atoms. The fraction of sp³-hybridized carbons (Fsp3) is 0.447. The summed E-state index contributed by atoms with van der Waals surface area (Å²) in [6, 6.07) is 6.82. The molecule has 0 aliphatic carbocycles. The van der Waals surface area contributed by atoms with E-state index in [0.717, 1.165) is 12.3 Å². The largest absolute Gasteiger partial charge is 0.369 e. The van der Waals surface area contributed by atoms with Gasteiger partial charge < -0.3 is 16.0 Å². The van der Waals surface area contributed by atoms with Gasteiger partial charge in [0.15, 0.2) is 5.83 Å². The van der Waals surface area contributed by atoms with Crippen LogP contribution < -0.4 is 16.0 Å². The smallest absolute Gasteiger partial charge is 0.246 e. The van der Waals surface area contributed by atoms with Gasteiger partial charge in [0.05, 0.1) is 17.9 Å². The first kappa shape index (κ1) is 46.0. The Kier molecular flexibility index (Phi) is 28.0. The van der Waals surface area contributed by atoms with Crippen LogP contribution in [-0.4, -0.2) is 36.5 Å². The molecule has 0 saturated carbocycles. The van der Waals surface area contributed by atoms with E-state index in [1.54, 1.807) is 31.2 Å². The van der Waals surface area contributed by atoms with Crippen LogP contribution in [0.4, 0.5) is 10.1 Å². The van der Waals surface area contributed by atoms with E-state index in [1.165, 1.54) is 23.1 Å². The predicted molar refractivity (Wildman–Crippen MR) is 193 cm³/mol. The first-order valence-corrected chi connectivity index (χ1v) is 15.7. The number of para-hydroxylation sites is 1. The minimum absolute atomic E-state index is 0.0507. The molecule has 1 aromatic rings. The van der Waals surface area contributed by atoms with Crippen molar-refractivity contribution in [2.24, 2.45) is 23.5 Å². The average molecular weight is 637 g/mol. The number of hydrogen-bond donors (Lipinski definition) is 3. The molecule has 0 aromatic heterocycles. The van der Waals surface area contributed by atoms with E-state index in [4.69, 9.17) is 11.1 Å². The maximum Gasteiger partial charge on any atom is 0.246 e. The van der Waals surface area contributed by atoms with Gasteiger partial charge in [0.25, 0.3) is 0 Å². The summed E-state index contributed by atoms with van der Waals surface area (Å²) in [7, 11) is 0. The molecular weight excluding hydrogens is 579 g/mol. The lowest BCUT2D eigenvalue weighted by Gasteiger charge is -2.27. The highest BCUT2D eigenvalue weighted by molar-refractivity contribution is 6.17. The van der Waals surface area contributed by atoms with E-state index < -0.39 is 29.5 Å². The molecule has 1 atom stereocenters. The summed E-state index contributed by atoms with van der Waals surface area (Å²) in [6.45, 7) is 21.7. The van der Waals surface area contributed by atoms with E-state index in [2.05, 4.69) is 51.2 Å². The molecule has 1 unspecified atom stereocenters. The van der Waals surface area contributed by atoms with E-state index in [0.29, 0.717) is 24.2 Å². The van der Waals surface area contributed by atoms with Gasteiger partial charge in [-0.2, -0.15) is 4.39 Å². The fourth-order valence-corrected chi connectivity index (χ4v) is 3.59. The van der Waals surface area contributed by atoms with Gasteiger partial charge in [-0.1, -0.05) is 110 Å². The Hall–Kier alpha value is -4.47. The van der Waals surface area contributed by atoms with Crippen LogP contribution >= 0.6 is 0 Å². The lowest BCUT2D eigenvalue weighted by molar-refractivity contribution is -0.129. The molecule has 0 aliphatic heterocycles. The van der Waals surface area contributed by atoms with Crippen LogP contribution in [0, 0.1) is 36.0 Å². The number of primary amides is 1. The number of amides is 3. The quantitative estimate of drug-likeness (QED) is 0.0594. The maximum absolute atomic E-state index is 14.1. The third-order valence-electron chi connectivity index (χ3n) is 5.45. The van der Waals surface area contributed by atoms with Gasteiger partial charge in [-0.15, -0.1) is 12.8 Å². The van der Waals surface area contributed by atoms with Crippen molar-refractivity contribution in [1.29, 1.82) is 5.41 Å². The second kappa shape index (κ2) is 28.0. The molecule has 4 N–H and O–H groups in total. The van der Waals surface area contributed by atoms with Crippen molar-refractivity contribution in [3.8, 4) is 12.8 Å². The number of halogens is 1. The number of carbonyl (C=O) groups excluding carboxylic acids is 3. The van der Waals surface area contributed by atoms with E-state index in [-0.39, 0.29) is 30.2 Å². The highest BCUT2D eigenvalue weighted by Gasteiger charge is 2.24. The number of hydrogen-bond acceptors (Lipinski definition) is 4. The van der Waals surface area contributed by atoms with E-state index >= 15 is 0 Å². The Morgan fingerprint density at radius 1 is 1.11 bits per heavy atom. The zero-order chi connectivity index (χ0) is 36.2. The van der Waals surface area contributed by atoms with Gasteiger partial charge in [-0.05, 0) is 43.7 Å². The van der Waals surface area contributed by atoms with E-state index in [9.17, 15) is 18.8 Å². The molecule has 0 radical (unpaired) electrons. The summed E-state index contributed by atoms with van der Waals surface area (Å²) in [5.74, 6) is -1.84. The van der Waals surface area contributed by atoms with E-state index in [1.807, 2.05) is 46.8 Å². The van der Waals surface area contributed by atoms with Crippen molar-refractivity contribution in [1.82, 2.24) is 5.32 Å². The highest BCUT2D eigenvalue weighted by atomic mass is 19.1. The van der Waals surface area contributed by atoms with Crippen molar-refractivity contribution >= 4 is 29.1 Å². The normalized spacial score (nSPS) is 10.7. The Bertz CT molecular complexity index is 1230. The second-order valence-electron chi connectivity index (χ2n) is 10.8. The monoisotopic (exact) mass is 636 g/mol. The minimum atomic E-state index is -0.666. The van der Waals surface area contributed by atoms with Crippen LogP contribution in [0.3, 0.4) is 0 Å². The zero-order valence-electron chi connectivity index (χ0n) is 29.5. The van der Waals surface area contributed by atoms with Crippen molar-refractivity contribution in [2.45, 2.75) is 81.6 Å². The number of allylic oxidation sites excluding steroid dienone is 6. The number of nitrogens with one attached hydrogen (secondary N) is 2. The van der Waals surface area contributed by atoms with Crippen LogP contribution in [0.25, 0.3) is 0 Å². The topological polar surface area (TPSA) is 116 Å². The summed E-state index contributed by atoms with van der Waals surface area (Å²) in [6.07, 6.45) is 16.8. The van der Waals surface area contributed by atoms with Crippen LogP contribution in [0.2, 0.25) is 0 Å². The fourth-order valence-electron chi connectivity index (χ4n) is 3.59. The third-order valence-corrected chi connectivity index (χ3v) is 5.45. The second-order valence-corrected chi connectivity index (χ2v) is 10.8. The molecule has 0 heterocycles. The van der Waals surface area contributed by atoms with Crippen LogP contribution in [-0.2, 0) is 14.4 Å². The Balaban J connectivity index is -0.00000209. The number of rotatable bonds is 15. The number of anilines is 1.